The molecule has 0 aliphatic rings. The Kier molecular flexibility index (Phi) is 141. The van der Waals surface area contributed by atoms with E-state index in [-0.39, 0.29) is 77.8 Å². The Labute approximate surface area is 76.8 Å². The summed E-state index contributed by atoms with van der Waals surface area (Å²) < 4.78 is 0. The number of hydrogen-bond donors (Lipinski definition) is 0. The molecule has 0 nitrogen and oxygen atoms in total. The molecule has 0 spiro atoms. The van der Waals surface area contributed by atoms with Crippen LogP contribution in [0.15, 0.2) is 0 Å². The molecule has 0 aromatic rings. The fourth-order valence-corrected chi connectivity index (χ4v) is 0. The van der Waals surface area contributed by atoms with Gasteiger partial charge in [0.15, 0.2) is 0 Å². The van der Waals surface area contributed by atoms with Crippen LogP contribution in [-0.4, -0.2) is 0 Å². The van der Waals surface area contributed by atoms with Crippen LogP contribution in [0.1, 0.15) is 0 Å². The summed E-state index contributed by atoms with van der Waals surface area (Å²) in [5.41, 5.74) is 0. The van der Waals surface area contributed by atoms with E-state index in [1.807, 2.05) is 0 Å². The fraction of sp³-hybridized carbons (Fsp3) is 0. The largest absolute Gasteiger partial charge is 0 e. The van der Waals surface area contributed by atoms with Crippen molar-refractivity contribution in [2.24, 2.45) is 0 Å². The average molecular weight is 460 g/mol. The van der Waals surface area contributed by atoms with Crippen LogP contribution in [0.4, 0.5) is 0 Å². The molecular weight excluding hydrogens is 460 g/mol. The molecule has 0 aliphatic heterocycles. The van der Waals surface area contributed by atoms with E-state index in [1.165, 1.54) is 0 Å². The van der Waals surface area contributed by atoms with Gasteiger partial charge in [-0.25, -0.2) is 0 Å². The third-order valence-corrected chi connectivity index (χ3v) is 0. The van der Waals surface area contributed by atoms with Crippen LogP contribution in [0.3, 0.4) is 0 Å². The van der Waals surface area contributed by atoms with Gasteiger partial charge >= 0.3 is 0 Å². The van der Waals surface area contributed by atoms with Gasteiger partial charge in [0, 0.05) is 77.8 Å². The molecule has 0 saturated heterocycles. The summed E-state index contributed by atoms with van der Waals surface area (Å²) in [6.45, 7) is 0. The third-order valence-electron chi connectivity index (χ3n) is 0. The smallest absolute Gasteiger partial charge is 0 e. The van der Waals surface area contributed by atoms with Crippen LogP contribution in [0.5, 0.6) is 0 Å². The van der Waals surface area contributed by atoms with Gasteiger partial charge in [-0.2, -0.15) is 0 Å². The second-order valence-electron chi connectivity index (χ2n) is 0. The van der Waals surface area contributed by atoms with Crippen molar-refractivity contribution < 1.29 is 77.8 Å². The van der Waals surface area contributed by atoms with Crippen molar-refractivity contribution in [2.75, 3.05) is 0 Å². The van der Waals surface area contributed by atoms with Crippen molar-refractivity contribution in [1.82, 2.24) is 0 Å². The molecule has 4 heteroatoms. The topological polar surface area (TPSA) is 0 Å². The summed E-state index contributed by atoms with van der Waals surface area (Å²) in [6, 6.07) is 0. The van der Waals surface area contributed by atoms with Crippen LogP contribution in [0, 0.1) is 0 Å². The Balaban J connectivity index is 0. The second-order valence-corrected chi connectivity index (χ2v) is 0. The third kappa shape index (κ3) is 8.82. The first-order valence-corrected chi connectivity index (χ1v) is 0. The van der Waals surface area contributed by atoms with E-state index >= 15 is 0 Å². The molecule has 0 unspecified atom stereocenters. The maximum atomic E-state index is 0. The molecule has 0 aromatic heterocycles. The molecule has 0 heterocycles. The zero-order valence-electron chi connectivity index (χ0n) is 1.30. The minimum absolute atomic E-state index is 0. The predicted molar refractivity (Wildman–Crippen MR) is 0 cm³/mol. The van der Waals surface area contributed by atoms with Crippen molar-refractivity contribution >= 4 is 0 Å². The molecule has 0 aromatic carbocycles. The molecule has 0 aliphatic carbocycles. The van der Waals surface area contributed by atoms with Crippen molar-refractivity contribution in [3.63, 3.8) is 0 Å². The molecule has 0 amide bonds. The molecular formula is AuNiRhRu. The Morgan fingerprint density at radius 1 is 1.00 bits per heavy atom. The van der Waals surface area contributed by atoms with Crippen LogP contribution in [0.2, 0.25) is 0 Å². The van der Waals surface area contributed by atoms with Gasteiger partial charge in [-0.15, -0.1) is 0 Å². The summed E-state index contributed by atoms with van der Waals surface area (Å²) in [5.74, 6) is 0. The zero-order chi connectivity index (χ0) is 0. The Morgan fingerprint density at radius 2 is 1.00 bits per heavy atom. The van der Waals surface area contributed by atoms with E-state index < -0.39 is 0 Å². The summed E-state index contributed by atoms with van der Waals surface area (Å²) in [4.78, 5) is 0. The monoisotopic (exact) mass is 460 g/mol. The van der Waals surface area contributed by atoms with Gasteiger partial charge in [0.05, 0.1) is 0 Å². The van der Waals surface area contributed by atoms with Crippen molar-refractivity contribution in [3.05, 3.63) is 0 Å². The molecule has 2 radical (unpaired) electrons. The van der Waals surface area contributed by atoms with Gasteiger partial charge in [-0.05, 0) is 0 Å². The Hall–Kier alpha value is 2.48. The molecule has 4 heavy (non-hydrogen) atoms. The van der Waals surface area contributed by atoms with E-state index in [4.69, 9.17) is 0 Å². The Bertz CT molecular complexity index is 8.00. The molecule has 0 fully saturated rings. The predicted octanol–water partition coefficient (Wildman–Crippen LogP) is -0.0100. The molecule has 0 bridgehead atoms. The van der Waals surface area contributed by atoms with E-state index in [0.29, 0.717) is 0 Å². The molecule has 38 valence electrons. The second kappa shape index (κ2) is 17.9. The van der Waals surface area contributed by atoms with Crippen molar-refractivity contribution in [3.8, 4) is 0 Å². The summed E-state index contributed by atoms with van der Waals surface area (Å²) in [6.07, 6.45) is 0. The first-order valence-electron chi connectivity index (χ1n) is 0. The van der Waals surface area contributed by atoms with E-state index in [1.54, 1.807) is 0 Å². The van der Waals surface area contributed by atoms with Crippen LogP contribution >= 0.6 is 0 Å². The van der Waals surface area contributed by atoms with E-state index in [0.717, 1.165) is 0 Å². The van der Waals surface area contributed by atoms with Gasteiger partial charge in [0.2, 0.25) is 0 Å². The van der Waals surface area contributed by atoms with Crippen molar-refractivity contribution in [2.45, 2.75) is 0 Å². The van der Waals surface area contributed by atoms with Crippen LogP contribution in [-0.2, 0) is 77.8 Å². The fourth-order valence-electron chi connectivity index (χ4n) is 0. The minimum Gasteiger partial charge on any atom is 0 e. The summed E-state index contributed by atoms with van der Waals surface area (Å²) >= 11 is 0. The maximum absolute atomic E-state index is 0. The Morgan fingerprint density at radius 3 is 1.00 bits per heavy atom. The van der Waals surface area contributed by atoms with Gasteiger partial charge in [0.1, 0.15) is 0 Å². The van der Waals surface area contributed by atoms with Gasteiger partial charge in [-0.1, -0.05) is 0 Å². The average Bonchev–Trinajstić information content (AvgIpc) is 0. The van der Waals surface area contributed by atoms with E-state index in [2.05, 4.69) is 0 Å². The summed E-state index contributed by atoms with van der Waals surface area (Å²) in [7, 11) is 0. The maximum Gasteiger partial charge on any atom is 0 e. The molecule has 0 saturated carbocycles. The quantitative estimate of drug-likeness (QED) is 0.447. The standard InChI is InChI=1S/Au.Ni.Rh.Ru. The number of hydrogen-bond acceptors (Lipinski definition) is 0. The van der Waals surface area contributed by atoms with Gasteiger partial charge in [-0.3, -0.25) is 0 Å². The number of rotatable bonds is 0. The molecule has 0 atom stereocenters. The first-order chi connectivity index (χ1) is 0. The van der Waals surface area contributed by atoms with Gasteiger partial charge in [0.25, 0.3) is 0 Å². The minimum atomic E-state index is 0. The van der Waals surface area contributed by atoms with Gasteiger partial charge < -0.3 is 0 Å². The molecule has 0 rings (SSSR count). The normalized spacial score (nSPS) is 0. The first kappa shape index (κ1) is 31.6. The SMILES string of the molecule is [Au].[Ni].[Rh].[Ru]. The van der Waals surface area contributed by atoms with Crippen LogP contribution in [0.25, 0.3) is 0 Å². The van der Waals surface area contributed by atoms with E-state index in [9.17, 15) is 0 Å². The van der Waals surface area contributed by atoms with Crippen LogP contribution < -0.4 is 0 Å². The zero-order valence-corrected chi connectivity index (χ0v) is 7.84. The van der Waals surface area contributed by atoms with Crippen molar-refractivity contribution in [1.29, 1.82) is 0 Å². The molecule has 0 N–H and O–H groups in total. The summed E-state index contributed by atoms with van der Waals surface area (Å²) in [5, 5.41) is 0.